The molecular weight excluding hydrogens is 259 g/mol. The minimum atomic E-state index is -1.17. The van der Waals surface area contributed by atoms with E-state index in [4.69, 9.17) is 0 Å². The molecule has 1 unspecified atom stereocenters. The Morgan fingerprint density at radius 1 is 1.17 bits per heavy atom. The number of rotatable bonds is 3. The molecule has 1 heterocycles. The molecule has 96 valence electrons. The van der Waals surface area contributed by atoms with Gasteiger partial charge in [0.15, 0.2) is 11.6 Å². The molecule has 2 aromatic rings. The van der Waals surface area contributed by atoms with Gasteiger partial charge in [0.2, 0.25) is 0 Å². The van der Waals surface area contributed by atoms with Crippen LogP contribution in [-0.2, 0) is 0 Å². The molecule has 0 spiro atoms. The van der Waals surface area contributed by atoms with E-state index in [2.05, 4.69) is 5.32 Å². The second-order valence-electron chi connectivity index (χ2n) is 3.96. The lowest BCUT2D eigenvalue weighted by Gasteiger charge is -2.06. The standard InChI is InChI=1S/C13H12F3NS/c1-7(17-2)11-3-4-12(18-11)9-5-8(14)6-10(15)13(9)16/h3-7,17H,1-2H3. The zero-order valence-electron chi connectivity index (χ0n) is 9.93. The summed E-state index contributed by atoms with van der Waals surface area (Å²) in [4.78, 5) is 1.50. The maximum atomic E-state index is 13.6. The Balaban J connectivity index is 2.46. The van der Waals surface area contributed by atoms with Crippen molar-refractivity contribution >= 4 is 11.3 Å². The lowest BCUT2D eigenvalue weighted by molar-refractivity contribution is 0.498. The molecule has 1 aromatic carbocycles. The molecule has 0 bridgehead atoms. The van der Waals surface area contributed by atoms with E-state index in [9.17, 15) is 13.2 Å². The molecule has 1 N–H and O–H groups in total. The molecule has 1 nitrogen and oxygen atoms in total. The molecule has 0 saturated carbocycles. The molecule has 1 aromatic heterocycles. The van der Waals surface area contributed by atoms with Crippen LogP contribution in [0.2, 0.25) is 0 Å². The molecular formula is C13H12F3NS. The van der Waals surface area contributed by atoms with Gasteiger partial charge < -0.3 is 5.32 Å². The van der Waals surface area contributed by atoms with E-state index >= 15 is 0 Å². The largest absolute Gasteiger partial charge is 0.313 e. The number of halogens is 3. The van der Waals surface area contributed by atoms with E-state index in [1.165, 1.54) is 11.3 Å². The Morgan fingerprint density at radius 2 is 1.89 bits per heavy atom. The molecule has 0 radical (unpaired) electrons. The van der Waals surface area contributed by atoms with E-state index in [1.54, 1.807) is 6.07 Å². The molecule has 2 rings (SSSR count). The van der Waals surface area contributed by atoms with Crippen molar-refractivity contribution < 1.29 is 13.2 Å². The first-order chi connectivity index (χ1) is 8.52. The summed E-state index contributed by atoms with van der Waals surface area (Å²) < 4.78 is 39.9. The van der Waals surface area contributed by atoms with Crippen LogP contribution < -0.4 is 5.32 Å². The van der Waals surface area contributed by atoms with Gasteiger partial charge in [-0.2, -0.15) is 0 Å². The topological polar surface area (TPSA) is 12.0 Å². The second-order valence-corrected chi connectivity index (χ2v) is 5.08. The van der Waals surface area contributed by atoms with Crippen LogP contribution in [0.1, 0.15) is 17.8 Å². The Bertz CT molecular complexity index is 565. The van der Waals surface area contributed by atoms with Gasteiger partial charge in [0, 0.05) is 27.4 Å². The Hall–Kier alpha value is -1.33. The zero-order valence-corrected chi connectivity index (χ0v) is 10.7. The van der Waals surface area contributed by atoms with Crippen molar-refractivity contribution in [2.75, 3.05) is 7.05 Å². The fraction of sp³-hybridized carbons (Fsp3) is 0.231. The molecule has 0 aliphatic rings. The van der Waals surface area contributed by atoms with Crippen LogP contribution in [0.3, 0.4) is 0 Å². The molecule has 5 heteroatoms. The third-order valence-electron chi connectivity index (χ3n) is 2.75. The SMILES string of the molecule is CNC(C)c1ccc(-c2cc(F)cc(F)c2F)s1. The van der Waals surface area contributed by atoms with Crippen LogP contribution in [0.5, 0.6) is 0 Å². The van der Waals surface area contributed by atoms with Gasteiger partial charge >= 0.3 is 0 Å². The third-order valence-corrected chi connectivity index (χ3v) is 4.05. The van der Waals surface area contributed by atoms with Crippen molar-refractivity contribution in [1.29, 1.82) is 0 Å². The highest BCUT2D eigenvalue weighted by atomic mass is 32.1. The molecule has 0 saturated heterocycles. The summed E-state index contributed by atoms with van der Waals surface area (Å²) in [5.74, 6) is -2.95. The number of hydrogen-bond acceptors (Lipinski definition) is 2. The highest BCUT2D eigenvalue weighted by Gasteiger charge is 2.15. The number of hydrogen-bond donors (Lipinski definition) is 1. The van der Waals surface area contributed by atoms with Gasteiger partial charge in [-0.15, -0.1) is 11.3 Å². The normalized spacial score (nSPS) is 12.7. The Morgan fingerprint density at radius 3 is 2.56 bits per heavy atom. The quantitative estimate of drug-likeness (QED) is 0.828. The molecule has 18 heavy (non-hydrogen) atoms. The highest BCUT2D eigenvalue weighted by molar-refractivity contribution is 7.15. The summed E-state index contributed by atoms with van der Waals surface area (Å²) >= 11 is 1.31. The summed E-state index contributed by atoms with van der Waals surface area (Å²) in [5, 5.41) is 3.05. The molecule has 0 fully saturated rings. The molecule has 0 aliphatic heterocycles. The van der Waals surface area contributed by atoms with Gasteiger partial charge in [0.05, 0.1) is 0 Å². The van der Waals surface area contributed by atoms with Gasteiger partial charge in [-0.1, -0.05) is 0 Å². The average Bonchev–Trinajstić information content (AvgIpc) is 2.82. The van der Waals surface area contributed by atoms with Crippen LogP contribution in [0.15, 0.2) is 24.3 Å². The smallest absolute Gasteiger partial charge is 0.167 e. The fourth-order valence-corrected chi connectivity index (χ4v) is 2.69. The summed E-state index contributed by atoms with van der Waals surface area (Å²) in [6.45, 7) is 1.96. The van der Waals surface area contributed by atoms with Crippen molar-refractivity contribution in [3.8, 4) is 10.4 Å². The lowest BCUT2D eigenvalue weighted by Crippen LogP contribution is -2.10. The highest BCUT2D eigenvalue weighted by Crippen LogP contribution is 2.33. The second kappa shape index (κ2) is 5.12. The number of nitrogens with one attached hydrogen (secondary N) is 1. The first-order valence-corrected chi connectivity index (χ1v) is 6.26. The van der Waals surface area contributed by atoms with E-state index < -0.39 is 17.5 Å². The van der Waals surface area contributed by atoms with Crippen molar-refractivity contribution in [3.05, 3.63) is 46.6 Å². The molecule has 0 amide bonds. The summed E-state index contributed by atoms with van der Waals surface area (Å²) in [7, 11) is 1.81. The van der Waals surface area contributed by atoms with Gasteiger partial charge in [-0.25, -0.2) is 13.2 Å². The molecule has 1 atom stereocenters. The maximum Gasteiger partial charge on any atom is 0.167 e. The van der Waals surface area contributed by atoms with Crippen LogP contribution in [0.4, 0.5) is 13.2 Å². The minimum Gasteiger partial charge on any atom is -0.313 e. The predicted octanol–water partition coefficient (Wildman–Crippen LogP) is 4.11. The number of benzene rings is 1. The summed E-state index contributed by atoms with van der Waals surface area (Å²) in [6.07, 6.45) is 0. The van der Waals surface area contributed by atoms with Gasteiger partial charge in [-0.05, 0) is 32.2 Å². The van der Waals surface area contributed by atoms with Gasteiger partial charge in [0.25, 0.3) is 0 Å². The van der Waals surface area contributed by atoms with E-state index in [0.29, 0.717) is 10.9 Å². The van der Waals surface area contributed by atoms with Crippen LogP contribution in [0, 0.1) is 17.5 Å². The monoisotopic (exact) mass is 271 g/mol. The van der Waals surface area contributed by atoms with Crippen LogP contribution >= 0.6 is 11.3 Å². The first kappa shape index (κ1) is 13.1. The van der Waals surface area contributed by atoms with Crippen molar-refractivity contribution in [2.45, 2.75) is 13.0 Å². The van der Waals surface area contributed by atoms with Crippen molar-refractivity contribution in [2.24, 2.45) is 0 Å². The van der Waals surface area contributed by atoms with E-state index in [1.807, 2.05) is 20.0 Å². The van der Waals surface area contributed by atoms with E-state index in [0.717, 1.165) is 10.9 Å². The van der Waals surface area contributed by atoms with E-state index in [-0.39, 0.29) is 11.6 Å². The molecule has 0 aliphatic carbocycles. The summed E-state index contributed by atoms with van der Waals surface area (Å²) in [6, 6.07) is 5.17. The maximum absolute atomic E-state index is 13.6. The predicted molar refractivity (Wildman–Crippen MR) is 67.1 cm³/mol. The van der Waals surface area contributed by atoms with Crippen LogP contribution in [-0.4, -0.2) is 7.05 Å². The summed E-state index contributed by atoms with van der Waals surface area (Å²) in [5.41, 5.74) is -0.0351. The first-order valence-electron chi connectivity index (χ1n) is 5.45. The Labute approximate surface area is 107 Å². The van der Waals surface area contributed by atoms with Crippen molar-refractivity contribution in [3.63, 3.8) is 0 Å². The lowest BCUT2D eigenvalue weighted by atomic mass is 10.1. The third kappa shape index (κ3) is 2.42. The zero-order chi connectivity index (χ0) is 13.3. The number of thiophene rings is 1. The minimum absolute atomic E-state index is 0.0351. The fourth-order valence-electron chi connectivity index (χ4n) is 1.61. The van der Waals surface area contributed by atoms with Crippen molar-refractivity contribution in [1.82, 2.24) is 5.32 Å². The van der Waals surface area contributed by atoms with Crippen LogP contribution in [0.25, 0.3) is 10.4 Å². The Kier molecular flexibility index (Phi) is 3.73. The van der Waals surface area contributed by atoms with Gasteiger partial charge in [0.1, 0.15) is 5.82 Å². The average molecular weight is 271 g/mol. The van der Waals surface area contributed by atoms with Gasteiger partial charge in [-0.3, -0.25) is 0 Å².